The molecular formula is C25H28F6N4O. The molecule has 4 rings (SSSR count). The number of hydrogen-bond acceptors (Lipinski definition) is 4. The predicted molar refractivity (Wildman–Crippen MR) is 126 cm³/mol. The number of halogens is 6. The number of hydrogen-bond donors (Lipinski definition) is 2. The number of amides is 1. The van der Waals surface area contributed by atoms with Crippen molar-refractivity contribution in [3.8, 4) is 0 Å². The number of aromatic nitrogens is 1. The van der Waals surface area contributed by atoms with Gasteiger partial charge < -0.3 is 15.5 Å². The first kappa shape index (κ1) is 26.2. The van der Waals surface area contributed by atoms with E-state index in [1.165, 1.54) is 12.2 Å². The average molecular weight is 515 g/mol. The van der Waals surface area contributed by atoms with Gasteiger partial charge in [-0.25, -0.2) is 13.2 Å². The Hall–Kier alpha value is -2.82. The van der Waals surface area contributed by atoms with Crippen LogP contribution < -0.4 is 10.6 Å². The summed E-state index contributed by atoms with van der Waals surface area (Å²) in [4.78, 5) is 17.8. The first-order valence-corrected chi connectivity index (χ1v) is 11.8. The number of anilines is 1. The Morgan fingerprint density at radius 1 is 1.31 bits per heavy atom. The summed E-state index contributed by atoms with van der Waals surface area (Å²) < 4.78 is 81.7. The molecule has 1 aromatic carbocycles. The van der Waals surface area contributed by atoms with Crippen LogP contribution in [0.1, 0.15) is 37.1 Å². The molecule has 0 radical (unpaired) electrons. The van der Waals surface area contributed by atoms with E-state index >= 15 is 0 Å². The maximum absolute atomic E-state index is 14.6. The van der Waals surface area contributed by atoms with Crippen molar-refractivity contribution in [2.75, 3.05) is 32.0 Å². The zero-order valence-electron chi connectivity index (χ0n) is 19.9. The molecule has 0 bridgehead atoms. The van der Waals surface area contributed by atoms with Crippen molar-refractivity contribution in [1.29, 1.82) is 0 Å². The molecule has 196 valence electrons. The molecule has 1 aliphatic heterocycles. The van der Waals surface area contributed by atoms with Crippen LogP contribution in [-0.4, -0.2) is 66.8 Å². The van der Waals surface area contributed by atoms with Gasteiger partial charge in [0, 0.05) is 42.5 Å². The molecule has 1 saturated carbocycles. The summed E-state index contributed by atoms with van der Waals surface area (Å²) >= 11 is 0. The molecule has 11 heteroatoms. The van der Waals surface area contributed by atoms with Crippen molar-refractivity contribution >= 4 is 28.4 Å². The number of likely N-dealkylation sites (tertiary alicyclic amines) is 1. The van der Waals surface area contributed by atoms with Crippen molar-refractivity contribution < 1.29 is 31.1 Å². The van der Waals surface area contributed by atoms with E-state index < -0.39 is 48.5 Å². The van der Waals surface area contributed by atoms with E-state index in [9.17, 15) is 31.1 Å². The molecule has 5 nitrogen and oxygen atoms in total. The second-order valence-corrected chi connectivity index (χ2v) is 9.58. The van der Waals surface area contributed by atoms with Gasteiger partial charge in [-0.2, -0.15) is 13.2 Å². The number of pyridine rings is 1. The van der Waals surface area contributed by atoms with Gasteiger partial charge in [-0.15, -0.1) is 0 Å². The minimum Gasteiger partial charge on any atom is -0.379 e. The molecule has 2 unspecified atom stereocenters. The van der Waals surface area contributed by atoms with Crippen LogP contribution in [0.15, 0.2) is 30.3 Å². The summed E-state index contributed by atoms with van der Waals surface area (Å²) in [5, 5.41) is 6.31. The van der Waals surface area contributed by atoms with Crippen molar-refractivity contribution in [2.24, 2.45) is 5.92 Å². The Morgan fingerprint density at radius 3 is 2.67 bits per heavy atom. The van der Waals surface area contributed by atoms with Crippen molar-refractivity contribution in [3.05, 3.63) is 41.7 Å². The lowest BCUT2D eigenvalue weighted by Gasteiger charge is -2.33. The average Bonchev–Trinajstić information content (AvgIpc) is 3.45. The molecule has 2 heterocycles. The summed E-state index contributed by atoms with van der Waals surface area (Å²) in [6, 6.07) is 5.97. The van der Waals surface area contributed by atoms with E-state index in [1.807, 2.05) is 11.9 Å². The lowest BCUT2D eigenvalue weighted by Crippen LogP contribution is -2.46. The van der Waals surface area contributed by atoms with E-state index in [1.54, 1.807) is 24.3 Å². The predicted octanol–water partition coefficient (Wildman–Crippen LogP) is 5.14. The van der Waals surface area contributed by atoms with Crippen LogP contribution in [-0.2, 0) is 4.79 Å². The molecule has 4 atom stereocenters. The SMILES string of the molecule is CC(c1nc(/C=C/CNC(=O)C2CC2(F)F)cc2c(N[C@@H]3CCN(C)C[C@@H]3F)cccc12)C(F)(F)F. The fourth-order valence-electron chi connectivity index (χ4n) is 4.40. The zero-order chi connectivity index (χ0) is 26.3. The van der Waals surface area contributed by atoms with Crippen LogP contribution >= 0.6 is 0 Å². The molecule has 2 aliphatic rings. The lowest BCUT2D eigenvalue weighted by molar-refractivity contribution is -0.146. The van der Waals surface area contributed by atoms with E-state index in [0.29, 0.717) is 29.4 Å². The normalized spacial score (nSPS) is 25.2. The standard InChI is InChI=1S/C25H28F6N4O/c1-14(25(29,30)31)22-16-6-3-7-20(34-21-8-10-35(2)13-19(21)26)17(16)11-15(33-22)5-4-9-32-23(36)18-12-24(18,27)28/h3-7,11,14,18-19,21,34H,8-10,12-13H2,1-2H3,(H,32,36)/b5-4+/t14?,18?,19-,21+/m0/s1. The van der Waals surface area contributed by atoms with Gasteiger partial charge >= 0.3 is 6.18 Å². The molecule has 1 saturated heterocycles. The fraction of sp³-hybridized carbons (Fsp3) is 0.520. The molecule has 0 spiro atoms. The minimum absolute atomic E-state index is 0.0751. The summed E-state index contributed by atoms with van der Waals surface area (Å²) in [5.74, 6) is -6.95. The van der Waals surface area contributed by atoms with Gasteiger partial charge in [0.1, 0.15) is 12.1 Å². The smallest absolute Gasteiger partial charge is 0.379 e. The minimum atomic E-state index is -4.53. The molecule has 2 aromatic rings. The fourth-order valence-corrected chi connectivity index (χ4v) is 4.40. The number of alkyl halides is 6. The van der Waals surface area contributed by atoms with Crippen LogP contribution in [0.2, 0.25) is 0 Å². The van der Waals surface area contributed by atoms with Crippen molar-refractivity contribution in [2.45, 2.75) is 50.0 Å². The first-order valence-electron chi connectivity index (χ1n) is 11.8. The largest absolute Gasteiger partial charge is 0.397 e. The van der Waals surface area contributed by atoms with E-state index in [-0.39, 0.29) is 24.5 Å². The lowest BCUT2D eigenvalue weighted by atomic mass is 9.97. The summed E-state index contributed by atoms with van der Waals surface area (Å²) in [6.45, 7) is 1.90. The van der Waals surface area contributed by atoms with Crippen LogP contribution in [0, 0.1) is 5.92 Å². The highest BCUT2D eigenvalue weighted by Gasteiger charge is 2.61. The molecule has 1 aliphatic carbocycles. The molecule has 2 N–H and O–H groups in total. The Labute approximate surface area is 204 Å². The summed E-state index contributed by atoms with van der Waals surface area (Å²) in [5.41, 5.74) is 0.529. The van der Waals surface area contributed by atoms with Gasteiger partial charge in [0.25, 0.3) is 5.92 Å². The molecule has 2 fully saturated rings. The van der Waals surface area contributed by atoms with Gasteiger partial charge in [0.15, 0.2) is 0 Å². The molecular weight excluding hydrogens is 486 g/mol. The number of fused-ring (bicyclic) bond motifs is 1. The maximum atomic E-state index is 14.6. The van der Waals surface area contributed by atoms with Gasteiger partial charge in [-0.1, -0.05) is 18.2 Å². The highest BCUT2D eigenvalue weighted by molar-refractivity contribution is 5.96. The quantitative estimate of drug-likeness (QED) is 0.503. The number of carbonyl (C=O) groups is 1. The van der Waals surface area contributed by atoms with Crippen molar-refractivity contribution in [3.63, 3.8) is 0 Å². The number of piperidine rings is 1. The van der Waals surface area contributed by atoms with Crippen LogP contribution in [0.5, 0.6) is 0 Å². The maximum Gasteiger partial charge on any atom is 0.397 e. The Morgan fingerprint density at radius 2 is 2.03 bits per heavy atom. The molecule has 1 aromatic heterocycles. The van der Waals surface area contributed by atoms with E-state index in [4.69, 9.17) is 0 Å². The third kappa shape index (κ3) is 5.77. The topological polar surface area (TPSA) is 57.3 Å². The molecule has 1 amide bonds. The van der Waals surface area contributed by atoms with Crippen LogP contribution in [0.25, 0.3) is 16.8 Å². The Bertz CT molecular complexity index is 1150. The molecule has 36 heavy (non-hydrogen) atoms. The first-order chi connectivity index (χ1) is 16.9. The summed E-state index contributed by atoms with van der Waals surface area (Å²) in [7, 11) is 1.83. The third-order valence-electron chi connectivity index (χ3n) is 6.74. The highest BCUT2D eigenvalue weighted by Crippen LogP contribution is 2.48. The van der Waals surface area contributed by atoms with Gasteiger partial charge in [-0.05, 0) is 38.6 Å². The summed E-state index contributed by atoms with van der Waals surface area (Å²) in [6.07, 6.45) is -2.75. The number of rotatable bonds is 7. The van der Waals surface area contributed by atoms with Crippen molar-refractivity contribution in [1.82, 2.24) is 15.2 Å². The number of nitrogens with zero attached hydrogens (tertiary/aromatic N) is 2. The second-order valence-electron chi connectivity index (χ2n) is 9.58. The van der Waals surface area contributed by atoms with E-state index in [2.05, 4.69) is 15.6 Å². The zero-order valence-corrected chi connectivity index (χ0v) is 19.9. The van der Waals surface area contributed by atoms with Crippen LogP contribution in [0.4, 0.5) is 32.0 Å². The van der Waals surface area contributed by atoms with E-state index in [0.717, 1.165) is 6.92 Å². The Kier molecular flexibility index (Phi) is 7.23. The Balaban J connectivity index is 1.62. The highest BCUT2D eigenvalue weighted by atomic mass is 19.4. The second kappa shape index (κ2) is 9.91. The monoisotopic (exact) mass is 514 g/mol. The van der Waals surface area contributed by atoms with Gasteiger partial charge in [-0.3, -0.25) is 9.78 Å². The van der Waals surface area contributed by atoms with Gasteiger partial charge in [0.05, 0.1) is 23.3 Å². The van der Waals surface area contributed by atoms with Crippen LogP contribution in [0.3, 0.4) is 0 Å². The number of benzene rings is 1. The van der Waals surface area contributed by atoms with Gasteiger partial charge in [0.2, 0.25) is 5.91 Å². The third-order valence-corrected chi connectivity index (χ3v) is 6.74. The number of nitrogens with one attached hydrogen (secondary N) is 2. The number of carbonyl (C=O) groups excluding carboxylic acids is 1.